The summed E-state index contributed by atoms with van der Waals surface area (Å²) in [6, 6.07) is 6.15. The summed E-state index contributed by atoms with van der Waals surface area (Å²) in [4.78, 5) is 23.7. The average Bonchev–Trinajstić information content (AvgIpc) is 3.10. The molecule has 2 aliphatic heterocycles. The summed E-state index contributed by atoms with van der Waals surface area (Å²) in [6.45, 7) is 2.56. The lowest BCUT2D eigenvalue weighted by atomic mass is 9.96. The summed E-state index contributed by atoms with van der Waals surface area (Å²) in [5, 5.41) is 3.26. The van der Waals surface area contributed by atoms with Gasteiger partial charge in [-0.1, -0.05) is 6.07 Å². The fourth-order valence-corrected chi connectivity index (χ4v) is 3.74. The average molecular weight is 325 g/mol. The maximum Gasteiger partial charge on any atom is 0.225 e. The number of hydrogen-bond acceptors (Lipinski definition) is 4. The molecule has 1 saturated heterocycles. The lowest BCUT2D eigenvalue weighted by molar-refractivity contribution is -0.126. The van der Waals surface area contributed by atoms with Crippen LogP contribution in [0.4, 0.5) is 5.82 Å². The van der Waals surface area contributed by atoms with Crippen LogP contribution < -0.4 is 10.2 Å². The lowest BCUT2D eigenvalue weighted by Crippen LogP contribution is -2.48. The van der Waals surface area contributed by atoms with Crippen molar-refractivity contribution in [3.63, 3.8) is 0 Å². The van der Waals surface area contributed by atoms with Crippen LogP contribution in [0.1, 0.15) is 25.1 Å². The minimum absolute atomic E-state index is 0.0462. The van der Waals surface area contributed by atoms with Crippen molar-refractivity contribution in [3.8, 4) is 0 Å². The molecule has 1 N–H and O–H groups in total. The van der Waals surface area contributed by atoms with Gasteiger partial charge in [-0.15, -0.1) is 0 Å². The van der Waals surface area contributed by atoms with E-state index in [2.05, 4.69) is 24.8 Å². The SMILES string of the molecule is O=C(N[C@H]1CCc2nccn2C1)[C@H]1CCCN(c2ccccn2)C1. The van der Waals surface area contributed by atoms with Crippen molar-refractivity contribution in [3.05, 3.63) is 42.6 Å². The van der Waals surface area contributed by atoms with E-state index in [9.17, 15) is 4.79 Å². The van der Waals surface area contributed by atoms with E-state index in [0.29, 0.717) is 0 Å². The third-order valence-electron chi connectivity index (χ3n) is 5.05. The van der Waals surface area contributed by atoms with Crippen LogP contribution >= 0.6 is 0 Å². The topological polar surface area (TPSA) is 63.1 Å². The molecule has 126 valence electrons. The number of hydrogen-bond donors (Lipinski definition) is 1. The molecule has 0 aliphatic carbocycles. The van der Waals surface area contributed by atoms with Crippen molar-refractivity contribution in [1.82, 2.24) is 19.9 Å². The molecule has 0 saturated carbocycles. The van der Waals surface area contributed by atoms with Crippen molar-refractivity contribution in [2.75, 3.05) is 18.0 Å². The largest absolute Gasteiger partial charge is 0.356 e. The van der Waals surface area contributed by atoms with E-state index < -0.39 is 0 Å². The molecule has 1 amide bonds. The van der Waals surface area contributed by atoms with Gasteiger partial charge in [-0.25, -0.2) is 9.97 Å². The highest BCUT2D eigenvalue weighted by molar-refractivity contribution is 5.79. The number of rotatable bonds is 3. The van der Waals surface area contributed by atoms with E-state index in [1.165, 1.54) is 0 Å². The maximum absolute atomic E-state index is 12.7. The molecule has 0 spiro atoms. The Hall–Kier alpha value is -2.37. The van der Waals surface area contributed by atoms with Crippen molar-refractivity contribution in [2.45, 2.75) is 38.3 Å². The number of nitrogens with zero attached hydrogens (tertiary/aromatic N) is 4. The van der Waals surface area contributed by atoms with E-state index in [1.54, 1.807) is 0 Å². The normalized spacial score (nSPS) is 23.6. The summed E-state index contributed by atoms with van der Waals surface area (Å²) in [5.41, 5.74) is 0. The summed E-state index contributed by atoms with van der Waals surface area (Å²) in [7, 11) is 0. The summed E-state index contributed by atoms with van der Waals surface area (Å²) >= 11 is 0. The zero-order valence-corrected chi connectivity index (χ0v) is 13.8. The first-order chi connectivity index (χ1) is 11.8. The number of carbonyl (C=O) groups is 1. The van der Waals surface area contributed by atoms with Crippen molar-refractivity contribution in [1.29, 1.82) is 0 Å². The number of aromatic nitrogens is 3. The second-order valence-corrected chi connectivity index (χ2v) is 6.71. The molecular weight excluding hydrogens is 302 g/mol. The first kappa shape index (κ1) is 15.2. The predicted molar refractivity (Wildman–Crippen MR) is 91.7 cm³/mol. The van der Waals surface area contributed by atoms with Crippen LogP contribution in [-0.4, -0.2) is 39.6 Å². The van der Waals surface area contributed by atoms with Gasteiger partial charge in [0.25, 0.3) is 0 Å². The van der Waals surface area contributed by atoms with Gasteiger partial charge in [-0.3, -0.25) is 4.79 Å². The van der Waals surface area contributed by atoms with Gasteiger partial charge in [0.1, 0.15) is 11.6 Å². The molecule has 6 heteroatoms. The highest BCUT2D eigenvalue weighted by Crippen LogP contribution is 2.22. The Morgan fingerprint density at radius 2 is 2.12 bits per heavy atom. The van der Waals surface area contributed by atoms with E-state index >= 15 is 0 Å². The van der Waals surface area contributed by atoms with Crippen LogP contribution in [0.25, 0.3) is 0 Å². The molecule has 2 aliphatic rings. The van der Waals surface area contributed by atoms with Gasteiger partial charge in [-0.2, -0.15) is 0 Å². The molecule has 0 bridgehead atoms. The third kappa shape index (κ3) is 3.13. The molecule has 24 heavy (non-hydrogen) atoms. The standard InChI is InChI=1S/C18H23N5O/c24-18(21-15-6-7-17-20-9-11-23(17)13-15)14-4-3-10-22(12-14)16-5-1-2-8-19-16/h1-2,5,8-9,11,14-15H,3-4,6-7,10,12-13H2,(H,21,24)/t14-,15-/m0/s1. The Balaban J connectivity index is 1.36. The molecule has 2 aromatic heterocycles. The number of pyridine rings is 1. The van der Waals surface area contributed by atoms with Crippen LogP contribution in [0.2, 0.25) is 0 Å². The van der Waals surface area contributed by atoms with Crippen LogP contribution in [-0.2, 0) is 17.8 Å². The van der Waals surface area contributed by atoms with Gasteiger partial charge in [0.15, 0.2) is 0 Å². The molecule has 2 aromatic rings. The van der Waals surface area contributed by atoms with E-state index in [1.807, 2.05) is 36.8 Å². The number of fused-ring (bicyclic) bond motifs is 1. The second-order valence-electron chi connectivity index (χ2n) is 6.71. The number of aryl methyl sites for hydroxylation is 1. The quantitative estimate of drug-likeness (QED) is 0.931. The van der Waals surface area contributed by atoms with Gasteiger partial charge in [-0.05, 0) is 31.4 Å². The van der Waals surface area contributed by atoms with E-state index in [0.717, 1.165) is 57.0 Å². The smallest absolute Gasteiger partial charge is 0.225 e. The number of carbonyl (C=O) groups excluding carboxylic acids is 1. The minimum atomic E-state index is 0.0462. The van der Waals surface area contributed by atoms with Gasteiger partial charge in [0.2, 0.25) is 5.91 Å². The van der Waals surface area contributed by atoms with Crippen molar-refractivity contribution in [2.24, 2.45) is 5.92 Å². The lowest BCUT2D eigenvalue weighted by Gasteiger charge is -2.34. The minimum Gasteiger partial charge on any atom is -0.356 e. The third-order valence-corrected chi connectivity index (χ3v) is 5.05. The Bertz CT molecular complexity index is 698. The molecule has 1 fully saturated rings. The number of anilines is 1. The highest BCUT2D eigenvalue weighted by atomic mass is 16.2. The monoisotopic (exact) mass is 325 g/mol. The second kappa shape index (κ2) is 6.63. The van der Waals surface area contributed by atoms with Crippen molar-refractivity contribution < 1.29 is 4.79 Å². The van der Waals surface area contributed by atoms with E-state index in [4.69, 9.17) is 0 Å². The summed E-state index contributed by atoms with van der Waals surface area (Å²) < 4.78 is 2.15. The van der Waals surface area contributed by atoms with E-state index in [-0.39, 0.29) is 17.9 Å². The summed E-state index contributed by atoms with van der Waals surface area (Å²) in [5.74, 6) is 2.32. The molecule has 2 atom stereocenters. The van der Waals surface area contributed by atoms with Gasteiger partial charge >= 0.3 is 0 Å². The fourth-order valence-electron chi connectivity index (χ4n) is 3.74. The number of imidazole rings is 1. The predicted octanol–water partition coefficient (Wildman–Crippen LogP) is 1.63. The Morgan fingerprint density at radius 3 is 3.00 bits per heavy atom. The highest BCUT2D eigenvalue weighted by Gasteiger charge is 2.29. The van der Waals surface area contributed by atoms with Crippen LogP contribution in [0.3, 0.4) is 0 Å². The molecule has 4 heterocycles. The molecular formula is C18H23N5O. The van der Waals surface area contributed by atoms with Gasteiger partial charge in [0.05, 0.1) is 5.92 Å². The van der Waals surface area contributed by atoms with Crippen LogP contribution in [0.5, 0.6) is 0 Å². The zero-order chi connectivity index (χ0) is 16.4. The van der Waals surface area contributed by atoms with Gasteiger partial charge in [0, 0.05) is 50.7 Å². The molecule has 0 radical (unpaired) electrons. The fraction of sp³-hybridized carbons (Fsp3) is 0.500. The maximum atomic E-state index is 12.7. The van der Waals surface area contributed by atoms with Crippen LogP contribution in [0, 0.1) is 5.92 Å². The van der Waals surface area contributed by atoms with Crippen LogP contribution in [0.15, 0.2) is 36.8 Å². The Labute approximate surface area is 141 Å². The molecule has 4 rings (SSSR count). The zero-order valence-electron chi connectivity index (χ0n) is 13.8. The van der Waals surface area contributed by atoms with Gasteiger partial charge < -0.3 is 14.8 Å². The molecule has 6 nitrogen and oxygen atoms in total. The van der Waals surface area contributed by atoms with Crippen molar-refractivity contribution >= 4 is 11.7 Å². The first-order valence-corrected chi connectivity index (χ1v) is 8.76. The molecule has 0 aromatic carbocycles. The number of piperidine rings is 1. The Kier molecular flexibility index (Phi) is 4.19. The molecule has 0 unspecified atom stereocenters. The number of nitrogens with one attached hydrogen (secondary N) is 1. The summed E-state index contributed by atoms with van der Waals surface area (Å²) in [6.07, 6.45) is 9.54. The first-order valence-electron chi connectivity index (χ1n) is 8.76. The number of amides is 1. The Morgan fingerprint density at radius 1 is 1.17 bits per heavy atom.